The van der Waals surface area contributed by atoms with Crippen LogP contribution in [0.3, 0.4) is 0 Å². The Balaban J connectivity index is 2.45. The molecule has 0 aliphatic rings. The van der Waals surface area contributed by atoms with Gasteiger partial charge in [0.05, 0.1) is 0 Å². The highest BCUT2D eigenvalue weighted by atomic mass is 32.1. The highest BCUT2D eigenvalue weighted by Gasteiger charge is 1.81. The molecule has 0 aliphatic carbocycles. The molecule has 0 aromatic rings. The van der Waals surface area contributed by atoms with Crippen molar-refractivity contribution in [1.82, 2.24) is 0 Å². The maximum atomic E-state index is 5.16. The maximum Gasteiger partial charge on any atom is 0.162 e. The van der Waals surface area contributed by atoms with Gasteiger partial charge in [0.2, 0.25) is 0 Å². The standard InChI is InChI=1S/C4H12OSSi/c1-2-5-7-4-3-6/h6H,2-4,7H2,1H3. The van der Waals surface area contributed by atoms with Gasteiger partial charge in [-0.2, -0.15) is 12.6 Å². The molecule has 0 radical (unpaired) electrons. The van der Waals surface area contributed by atoms with Gasteiger partial charge < -0.3 is 4.43 Å². The minimum absolute atomic E-state index is 0.165. The van der Waals surface area contributed by atoms with E-state index in [4.69, 9.17) is 4.43 Å². The average molecular weight is 136 g/mol. The molecule has 44 valence electrons. The Bertz CT molecular complexity index is 30.9. The first-order valence-electron chi connectivity index (χ1n) is 2.60. The molecule has 0 saturated carbocycles. The van der Waals surface area contributed by atoms with Crippen molar-refractivity contribution in [2.24, 2.45) is 0 Å². The first-order chi connectivity index (χ1) is 3.41. The molecule has 7 heavy (non-hydrogen) atoms. The molecule has 0 aromatic heterocycles. The first kappa shape index (κ1) is 7.53. The van der Waals surface area contributed by atoms with Gasteiger partial charge in [0.25, 0.3) is 0 Å². The molecule has 0 aliphatic heterocycles. The van der Waals surface area contributed by atoms with Crippen LogP contribution in [0.15, 0.2) is 0 Å². The van der Waals surface area contributed by atoms with Crippen molar-refractivity contribution in [3.63, 3.8) is 0 Å². The van der Waals surface area contributed by atoms with Crippen LogP contribution in [-0.2, 0) is 4.43 Å². The Kier molecular flexibility index (Phi) is 7.02. The summed E-state index contributed by atoms with van der Waals surface area (Å²) in [7, 11) is -0.165. The Hall–Kier alpha value is 0.527. The van der Waals surface area contributed by atoms with Crippen molar-refractivity contribution in [3.05, 3.63) is 0 Å². The van der Waals surface area contributed by atoms with Crippen molar-refractivity contribution >= 4 is 22.4 Å². The van der Waals surface area contributed by atoms with E-state index >= 15 is 0 Å². The number of rotatable bonds is 4. The normalized spacial score (nSPS) is 11.1. The molecule has 0 atom stereocenters. The van der Waals surface area contributed by atoms with Crippen molar-refractivity contribution in [1.29, 1.82) is 0 Å². The Morgan fingerprint density at radius 1 is 1.71 bits per heavy atom. The third-order valence-corrected chi connectivity index (χ3v) is 2.90. The highest BCUT2D eigenvalue weighted by molar-refractivity contribution is 7.80. The lowest BCUT2D eigenvalue weighted by molar-refractivity contribution is 0.361. The minimum atomic E-state index is -0.165. The van der Waals surface area contributed by atoms with Gasteiger partial charge >= 0.3 is 0 Å². The SMILES string of the molecule is CCO[SiH2]CCS. The second-order valence-corrected chi connectivity index (χ2v) is 3.24. The van der Waals surface area contributed by atoms with Gasteiger partial charge in [0, 0.05) is 6.61 Å². The van der Waals surface area contributed by atoms with E-state index in [0.717, 1.165) is 12.4 Å². The fraction of sp³-hybridized carbons (Fsp3) is 1.00. The molecular formula is C4H12OSSi. The zero-order valence-electron chi connectivity index (χ0n) is 4.68. The molecule has 0 aromatic carbocycles. The van der Waals surface area contributed by atoms with Gasteiger partial charge in [-0.05, 0) is 18.7 Å². The highest BCUT2D eigenvalue weighted by Crippen LogP contribution is 1.82. The molecule has 0 rings (SSSR count). The van der Waals surface area contributed by atoms with Crippen LogP contribution in [0.2, 0.25) is 6.04 Å². The lowest BCUT2D eigenvalue weighted by Crippen LogP contribution is -1.96. The van der Waals surface area contributed by atoms with Crippen LogP contribution >= 0.6 is 12.6 Å². The summed E-state index contributed by atoms with van der Waals surface area (Å²) in [5.74, 6) is 0.992. The van der Waals surface area contributed by atoms with Crippen LogP contribution in [0.4, 0.5) is 0 Å². The van der Waals surface area contributed by atoms with Gasteiger partial charge in [-0.1, -0.05) is 0 Å². The van der Waals surface area contributed by atoms with Crippen LogP contribution < -0.4 is 0 Å². The van der Waals surface area contributed by atoms with Crippen LogP contribution in [0, 0.1) is 0 Å². The second-order valence-electron chi connectivity index (χ2n) is 1.27. The zero-order valence-corrected chi connectivity index (χ0v) is 6.99. The predicted molar refractivity (Wildman–Crippen MR) is 38.8 cm³/mol. The molecule has 0 fully saturated rings. The topological polar surface area (TPSA) is 9.23 Å². The van der Waals surface area contributed by atoms with Crippen LogP contribution in [-0.4, -0.2) is 22.1 Å². The van der Waals surface area contributed by atoms with Gasteiger partial charge in [-0.15, -0.1) is 0 Å². The summed E-state index contributed by atoms with van der Waals surface area (Å²) in [6, 6.07) is 1.21. The first-order valence-corrected chi connectivity index (χ1v) is 4.81. The van der Waals surface area contributed by atoms with E-state index in [1.807, 2.05) is 6.92 Å². The molecule has 0 spiro atoms. The van der Waals surface area contributed by atoms with Gasteiger partial charge in [0.15, 0.2) is 9.76 Å². The van der Waals surface area contributed by atoms with E-state index in [2.05, 4.69) is 12.6 Å². The summed E-state index contributed by atoms with van der Waals surface area (Å²) in [6.07, 6.45) is 0. The Morgan fingerprint density at radius 3 is 2.86 bits per heavy atom. The summed E-state index contributed by atoms with van der Waals surface area (Å²) in [5, 5.41) is 0. The molecule has 0 amide bonds. The van der Waals surface area contributed by atoms with E-state index in [1.54, 1.807) is 0 Å². The molecular weight excluding hydrogens is 124 g/mol. The van der Waals surface area contributed by atoms with Gasteiger partial charge in [-0.25, -0.2) is 0 Å². The van der Waals surface area contributed by atoms with E-state index in [1.165, 1.54) is 6.04 Å². The smallest absolute Gasteiger partial charge is 0.162 e. The van der Waals surface area contributed by atoms with Crippen molar-refractivity contribution in [2.45, 2.75) is 13.0 Å². The fourth-order valence-electron chi connectivity index (χ4n) is 0.311. The van der Waals surface area contributed by atoms with E-state index in [0.29, 0.717) is 0 Å². The molecule has 0 bridgehead atoms. The van der Waals surface area contributed by atoms with Crippen molar-refractivity contribution in [2.75, 3.05) is 12.4 Å². The predicted octanol–water partition coefficient (Wildman–Crippen LogP) is 0.455. The van der Waals surface area contributed by atoms with Gasteiger partial charge in [-0.3, -0.25) is 0 Å². The quantitative estimate of drug-likeness (QED) is 0.335. The van der Waals surface area contributed by atoms with Crippen molar-refractivity contribution in [3.8, 4) is 0 Å². The largest absolute Gasteiger partial charge is 0.424 e. The molecule has 3 heteroatoms. The summed E-state index contributed by atoms with van der Waals surface area (Å²) in [5.41, 5.74) is 0. The summed E-state index contributed by atoms with van der Waals surface area (Å²) < 4.78 is 5.16. The zero-order chi connectivity index (χ0) is 5.54. The third kappa shape index (κ3) is 6.53. The third-order valence-electron chi connectivity index (χ3n) is 0.651. The molecule has 0 N–H and O–H groups in total. The number of hydrogen-bond acceptors (Lipinski definition) is 2. The maximum absolute atomic E-state index is 5.16. The Morgan fingerprint density at radius 2 is 2.43 bits per heavy atom. The van der Waals surface area contributed by atoms with Crippen LogP contribution in [0.5, 0.6) is 0 Å². The summed E-state index contributed by atoms with van der Waals surface area (Å²) in [6.45, 7) is 2.92. The molecule has 0 saturated heterocycles. The number of thiol groups is 1. The van der Waals surface area contributed by atoms with Crippen LogP contribution in [0.25, 0.3) is 0 Å². The minimum Gasteiger partial charge on any atom is -0.424 e. The Labute approximate surface area is 52.8 Å². The van der Waals surface area contributed by atoms with E-state index in [-0.39, 0.29) is 9.76 Å². The van der Waals surface area contributed by atoms with E-state index < -0.39 is 0 Å². The monoisotopic (exact) mass is 136 g/mol. The molecule has 1 nitrogen and oxygen atoms in total. The average Bonchev–Trinajstić information content (AvgIpc) is 1.69. The summed E-state index contributed by atoms with van der Waals surface area (Å²) in [4.78, 5) is 0. The fourth-order valence-corrected chi connectivity index (χ4v) is 1.32. The molecule has 0 unspecified atom stereocenters. The van der Waals surface area contributed by atoms with Crippen molar-refractivity contribution < 1.29 is 4.43 Å². The van der Waals surface area contributed by atoms with Crippen LogP contribution in [0.1, 0.15) is 6.92 Å². The molecule has 0 heterocycles. The lowest BCUT2D eigenvalue weighted by atomic mass is 10.9. The number of hydrogen-bond donors (Lipinski definition) is 1. The second kappa shape index (κ2) is 6.53. The summed E-state index contributed by atoms with van der Waals surface area (Å²) >= 11 is 4.05. The van der Waals surface area contributed by atoms with Gasteiger partial charge in [0.1, 0.15) is 0 Å². The van der Waals surface area contributed by atoms with E-state index in [9.17, 15) is 0 Å². The lowest BCUT2D eigenvalue weighted by Gasteiger charge is -1.93.